The molecule has 0 radical (unpaired) electrons. The highest BCUT2D eigenvalue weighted by atomic mass is 35.5. The molecule has 1 heterocycles. The van der Waals surface area contributed by atoms with Gasteiger partial charge in [-0.2, -0.15) is 0 Å². The fourth-order valence-corrected chi connectivity index (χ4v) is 3.20. The van der Waals surface area contributed by atoms with Crippen LogP contribution in [0, 0.1) is 10.1 Å². The molecule has 0 aliphatic carbocycles. The molecule has 0 aliphatic rings. The second-order valence-electron chi connectivity index (χ2n) is 4.64. The van der Waals surface area contributed by atoms with Gasteiger partial charge in [-0.3, -0.25) is 10.1 Å². The standard InChI is InChI=1S/C16H11ClN2O2S/c1-22-15-5-3-2-4-11(15)16-12-8-10(17)6-7-13(12)18-9-14(16)19(20)21/h2-9H,1H3. The summed E-state index contributed by atoms with van der Waals surface area (Å²) in [6.07, 6.45) is 3.25. The van der Waals surface area contributed by atoms with E-state index in [0.29, 0.717) is 21.5 Å². The Balaban J connectivity index is 2.46. The lowest BCUT2D eigenvalue weighted by molar-refractivity contribution is -0.384. The van der Waals surface area contributed by atoms with Crippen molar-refractivity contribution in [2.45, 2.75) is 4.90 Å². The number of rotatable bonds is 3. The SMILES string of the molecule is CSc1ccccc1-c1c([N+](=O)[O-])cnc2ccc(Cl)cc12. The third kappa shape index (κ3) is 2.53. The van der Waals surface area contributed by atoms with E-state index in [1.807, 2.05) is 30.5 Å². The summed E-state index contributed by atoms with van der Waals surface area (Å²) in [4.78, 5) is 16.2. The number of pyridine rings is 1. The van der Waals surface area contributed by atoms with Gasteiger partial charge in [0.15, 0.2) is 0 Å². The van der Waals surface area contributed by atoms with Crippen molar-refractivity contribution in [3.63, 3.8) is 0 Å². The van der Waals surface area contributed by atoms with Gasteiger partial charge in [0.25, 0.3) is 5.69 Å². The van der Waals surface area contributed by atoms with Crippen molar-refractivity contribution in [1.82, 2.24) is 4.98 Å². The van der Waals surface area contributed by atoms with E-state index in [-0.39, 0.29) is 5.69 Å². The van der Waals surface area contributed by atoms with E-state index >= 15 is 0 Å². The first kappa shape index (κ1) is 14.8. The molecule has 0 atom stereocenters. The van der Waals surface area contributed by atoms with Crippen LogP contribution in [0.3, 0.4) is 0 Å². The zero-order valence-electron chi connectivity index (χ0n) is 11.6. The van der Waals surface area contributed by atoms with E-state index in [1.165, 1.54) is 6.20 Å². The highest BCUT2D eigenvalue weighted by molar-refractivity contribution is 7.98. The normalized spacial score (nSPS) is 10.8. The molecule has 4 nitrogen and oxygen atoms in total. The molecule has 0 N–H and O–H groups in total. The van der Waals surface area contributed by atoms with Gasteiger partial charge < -0.3 is 0 Å². The van der Waals surface area contributed by atoms with Crippen molar-refractivity contribution in [2.75, 3.05) is 6.26 Å². The maximum atomic E-state index is 11.4. The fraction of sp³-hybridized carbons (Fsp3) is 0.0625. The quantitative estimate of drug-likeness (QED) is 0.377. The molecule has 0 amide bonds. The predicted molar refractivity (Wildman–Crippen MR) is 90.6 cm³/mol. The minimum absolute atomic E-state index is 0.0173. The molecule has 0 spiro atoms. The van der Waals surface area contributed by atoms with Crippen molar-refractivity contribution in [2.24, 2.45) is 0 Å². The summed E-state index contributed by atoms with van der Waals surface area (Å²) in [5, 5.41) is 12.7. The third-order valence-corrected chi connectivity index (χ3v) is 4.41. The van der Waals surface area contributed by atoms with Gasteiger partial charge in [-0.15, -0.1) is 11.8 Å². The number of nitrogens with zero attached hydrogens (tertiary/aromatic N) is 2. The Morgan fingerprint density at radius 3 is 2.73 bits per heavy atom. The largest absolute Gasteiger partial charge is 0.296 e. The zero-order chi connectivity index (χ0) is 15.7. The maximum Gasteiger partial charge on any atom is 0.296 e. The van der Waals surface area contributed by atoms with Crippen LogP contribution in [0.2, 0.25) is 5.02 Å². The van der Waals surface area contributed by atoms with E-state index in [0.717, 1.165) is 10.5 Å². The first-order valence-electron chi connectivity index (χ1n) is 6.48. The summed E-state index contributed by atoms with van der Waals surface area (Å²) in [5.74, 6) is 0. The zero-order valence-corrected chi connectivity index (χ0v) is 13.2. The van der Waals surface area contributed by atoms with E-state index in [4.69, 9.17) is 11.6 Å². The van der Waals surface area contributed by atoms with Gasteiger partial charge in [-0.1, -0.05) is 29.8 Å². The van der Waals surface area contributed by atoms with Crippen molar-refractivity contribution >= 4 is 40.0 Å². The van der Waals surface area contributed by atoms with Gasteiger partial charge in [0.1, 0.15) is 6.20 Å². The highest BCUT2D eigenvalue weighted by Crippen LogP contribution is 2.40. The summed E-state index contributed by atoms with van der Waals surface area (Å²) >= 11 is 7.63. The molecule has 6 heteroatoms. The number of benzene rings is 2. The van der Waals surface area contributed by atoms with Crippen LogP contribution in [-0.4, -0.2) is 16.2 Å². The Hall–Kier alpha value is -2.11. The van der Waals surface area contributed by atoms with E-state index in [2.05, 4.69) is 4.98 Å². The van der Waals surface area contributed by atoms with E-state index in [9.17, 15) is 10.1 Å². The molecule has 3 rings (SSSR count). The Labute approximate surface area is 136 Å². The van der Waals surface area contributed by atoms with Gasteiger partial charge >= 0.3 is 0 Å². The van der Waals surface area contributed by atoms with Crippen LogP contribution in [0.25, 0.3) is 22.0 Å². The number of thioether (sulfide) groups is 1. The molecular formula is C16H11ClN2O2S. The molecule has 0 saturated carbocycles. The lowest BCUT2D eigenvalue weighted by Gasteiger charge is -2.11. The second kappa shape index (κ2) is 5.94. The van der Waals surface area contributed by atoms with Gasteiger partial charge in [0.05, 0.1) is 16.0 Å². The molecular weight excluding hydrogens is 320 g/mol. The minimum atomic E-state index is -0.403. The lowest BCUT2D eigenvalue weighted by Crippen LogP contribution is -1.96. The fourth-order valence-electron chi connectivity index (χ4n) is 2.43. The summed E-state index contributed by atoms with van der Waals surface area (Å²) in [7, 11) is 0. The first-order chi connectivity index (χ1) is 10.6. The minimum Gasteiger partial charge on any atom is -0.258 e. The molecule has 0 fully saturated rings. The molecule has 3 aromatic rings. The average Bonchev–Trinajstić information content (AvgIpc) is 2.53. The lowest BCUT2D eigenvalue weighted by atomic mass is 9.99. The number of halogens is 1. The van der Waals surface area contributed by atoms with Gasteiger partial charge in [-0.05, 0) is 30.5 Å². The first-order valence-corrected chi connectivity index (χ1v) is 8.08. The monoisotopic (exact) mass is 330 g/mol. The van der Waals surface area contributed by atoms with E-state index in [1.54, 1.807) is 30.0 Å². The molecule has 110 valence electrons. The Bertz CT molecular complexity index is 883. The Morgan fingerprint density at radius 2 is 2.00 bits per heavy atom. The Morgan fingerprint density at radius 1 is 1.23 bits per heavy atom. The second-order valence-corrected chi connectivity index (χ2v) is 5.92. The highest BCUT2D eigenvalue weighted by Gasteiger charge is 2.21. The van der Waals surface area contributed by atoms with Crippen molar-refractivity contribution in [3.05, 3.63) is 63.8 Å². The molecule has 0 aliphatic heterocycles. The van der Waals surface area contributed by atoms with Crippen LogP contribution in [0.1, 0.15) is 0 Å². The van der Waals surface area contributed by atoms with Crippen molar-refractivity contribution in [3.8, 4) is 11.1 Å². The van der Waals surface area contributed by atoms with Crippen molar-refractivity contribution < 1.29 is 4.92 Å². The molecule has 2 aromatic carbocycles. The third-order valence-electron chi connectivity index (χ3n) is 3.38. The average molecular weight is 331 g/mol. The molecule has 22 heavy (non-hydrogen) atoms. The van der Waals surface area contributed by atoms with Gasteiger partial charge in [0, 0.05) is 20.9 Å². The number of hydrogen-bond acceptors (Lipinski definition) is 4. The summed E-state index contributed by atoms with van der Waals surface area (Å²) in [5.41, 5.74) is 2.04. The van der Waals surface area contributed by atoms with Crippen LogP contribution in [0.15, 0.2) is 53.6 Å². The number of aromatic nitrogens is 1. The topological polar surface area (TPSA) is 56.0 Å². The predicted octanol–water partition coefficient (Wildman–Crippen LogP) is 5.19. The number of fused-ring (bicyclic) bond motifs is 1. The molecule has 0 saturated heterocycles. The maximum absolute atomic E-state index is 11.4. The van der Waals surface area contributed by atoms with Crippen LogP contribution >= 0.6 is 23.4 Å². The number of nitro groups is 1. The molecule has 0 unspecified atom stereocenters. The van der Waals surface area contributed by atoms with Crippen molar-refractivity contribution in [1.29, 1.82) is 0 Å². The molecule has 0 bridgehead atoms. The molecule has 1 aromatic heterocycles. The number of hydrogen-bond donors (Lipinski definition) is 0. The van der Waals surface area contributed by atoms with Crippen LogP contribution in [-0.2, 0) is 0 Å². The van der Waals surface area contributed by atoms with Crippen LogP contribution < -0.4 is 0 Å². The van der Waals surface area contributed by atoms with Crippen LogP contribution in [0.4, 0.5) is 5.69 Å². The van der Waals surface area contributed by atoms with Crippen LogP contribution in [0.5, 0.6) is 0 Å². The summed E-state index contributed by atoms with van der Waals surface area (Å²) in [6, 6.07) is 12.8. The summed E-state index contributed by atoms with van der Waals surface area (Å²) in [6.45, 7) is 0. The summed E-state index contributed by atoms with van der Waals surface area (Å²) < 4.78 is 0. The Kier molecular flexibility index (Phi) is 4.00. The van der Waals surface area contributed by atoms with Gasteiger partial charge in [0.2, 0.25) is 0 Å². The van der Waals surface area contributed by atoms with E-state index < -0.39 is 4.92 Å². The van der Waals surface area contributed by atoms with Gasteiger partial charge in [-0.25, -0.2) is 4.98 Å². The smallest absolute Gasteiger partial charge is 0.258 e.